The fourth-order valence-electron chi connectivity index (χ4n) is 1.48. The highest BCUT2D eigenvalue weighted by molar-refractivity contribution is 9.10. The van der Waals surface area contributed by atoms with Gasteiger partial charge in [0.1, 0.15) is 12.3 Å². The van der Waals surface area contributed by atoms with Crippen LogP contribution in [0, 0.1) is 0 Å². The molecule has 5 nitrogen and oxygen atoms in total. The van der Waals surface area contributed by atoms with Crippen LogP contribution in [-0.4, -0.2) is 35.5 Å². The highest BCUT2D eigenvalue weighted by atomic mass is 79.9. The molecule has 0 aromatic heterocycles. The molecule has 0 fully saturated rings. The number of para-hydroxylation sites is 2. The summed E-state index contributed by atoms with van der Waals surface area (Å²) < 4.78 is 5.14. The van der Waals surface area contributed by atoms with Crippen molar-refractivity contribution in [3.8, 4) is 5.75 Å². The Morgan fingerprint density at radius 3 is 2.56 bits per heavy atom. The summed E-state index contributed by atoms with van der Waals surface area (Å²) in [6.45, 7) is 1.24. The number of anilines is 1. The van der Waals surface area contributed by atoms with E-state index in [1.807, 2.05) is 0 Å². The minimum absolute atomic E-state index is 0.332. The highest BCUT2D eigenvalue weighted by Gasteiger charge is 2.24. The van der Waals surface area contributed by atoms with E-state index in [-0.39, 0.29) is 5.91 Å². The topological polar surface area (TPSA) is 66.8 Å². The first-order valence-electron chi connectivity index (χ1n) is 5.27. The van der Waals surface area contributed by atoms with Gasteiger partial charge in [0.25, 0.3) is 0 Å². The van der Waals surface area contributed by atoms with Gasteiger partial charge < -0.3 is 9.84 Å². The zero-order chi connectivity index (χ0) is 13.7. The summed E-state index contributed by atoms with van der Waals surface area (Å²) in [6, 6.07) is 6.80. The largest absolute Gasteiger partial charge is 0.495 e. The molecule has 1 aromatic carbocycles. The van der Waals surface area contributed by atoms with E-state index in [1.165, 1.54) is 12.0 Å². The van der Waals surface area contributed by atoms with Gasteiger partial charge in [0.2, 0.25) is 5.91 Å². The summed E-state index contributed by atoms with van der Waals surface area (Å²) in [4.78, 5) is 23.6. The summed E-state index contributed by atoms with van der Waals surface area (Å²) in [5.74, 6) is -0.954. The van der Waals surface area contributed by atoms with Crippen LogP contribution < -0.4 is 9.64 Å². The van der Waals surface area contributed by atoms with E-state index >= 15 is 0 Å². The van der Waals surface area contributed by atoms with E-state index in [4.69, 9.17) is 9.84 Å². The Balaban J connectivity index is 3.16. The number of alkyl halides is 1. The first kappa shape index (κ1) is 14.5. The summed E-state index contributed by atoms with van der Waals surface area (Å²) in [5, 5.41) is 8.89. The molecule has 1 amide bonds. The maximum atomic E-state index is 12.0. The van der Waals surface area contributed by atoms with Gasteiger partial charge in [0.15, 0.2) is 0 Å². The Morgan fingerprint density at radius 1 is 1.44 bits per heavy atom. The molecule has 0 spiro atoms. The first-order valence-corrected chi connectivity index (χ1v) is 6.19. The lowest BCUT2D eigenvalue weighted by Gasteiger charge is -2.23. The highest BCUT2D eigenvalue weighted by Crippen LogP contribution is 2.28. The van der Waals surface area contributed by atoms with Crippen molar-refractivity contribution in [2.45, 2.75) is 11.8 Å². The van der Waals surface area contributed by atoms with Crippen LogP contribution in [0.2, 0.25) is 0 Å². The molecule has 0 aliphatic carbocycles. The van der Waals surface area contributed by atoms with Gasteiger partial charge in [-0.15, -0.1) is 0 Å². The van der Waals surface area contributed by atoms with E-state index < -0.39 is 17.3 Å². The van der Waals surface area contributed by atoms with E-state index in [1.54, 1.807) is 31.2 Å². The molecule has 0 bridgehead atoms. The maximum Gasteiger partial charge on any atom is 0.323 e. The van der Waals surface area contributed by atoms with Crippen molar-refractivity contribution in [1.29, 1.82) is 0 Å². The van der Waals surface area contributed by atoms with Crippen LogP contribution in [0.5, 0.6) is 5.75 Å². The summed E-state index contributed by atoms with van der Waals surface area (Å²) in [5.41, 5.74) is 0.443. The number of carbonyl (C=O) groups is 2. The Morgan fingerprint density at radius 2 is 2.06 bits per heavy atom. The quantitative estimate of drug-likeness (QED) is 0.843. The fourth-order valence-corrected chi connectivity index (χ4v) is 1.73. The number of hydrogen-bond acceptors (Lipinski definition) is 3. The molecule has 1 rings (SSSR count). The van der Waals surface area contributed by atoms with Crippen LogP contribution in [0.4, 0.5) is 5.69 Å². The van der Waals surface area contributed by atoms with E-state index in [9.17, 15) is 9.59 Å². The molecule has 0 saturated heterocycles. The van der Waals surface area contributed by atoms with Crippen LogP contribution in [0.15, 0.2) is 24.3 Å². The predicted molar refractivity (Wildman–Crippen MR) is 71.4 cm³/mol. The van der Waals surface area contributed by atoms with Gasteiger partial charge in [0, 0.05) is 0 Å². The average molecular weight is 316 g/mol. The molecule has 1 unspecified atom stereocenters. The molecule has 0 saturated carbocycles. The van der Waals surface area contributed by atoms with Gasteiger partial charge in [-0.1, -0.05) is 28.1 Å². The number of halogens is 1. The smallest absolute Gasteiger partial charge is 0.323 e. The van der Waals surface area contributed by atoms with Crippen LogP contribution >= 0.6 is 15.9 Å². The lowest BCUT2D eigenvalue weighted by molar-refractivity contribution is -0.136. The fraction of sp³-hybridized carbons (Fsp3) is 0.333. The third-order valence-electron chi connectivity index (χ3n) is 2.28. The van der Waals surface area contributed by atoms with Gasteiger partial charge in [-0.3, -0.25) is 14.5 Å². The third kappa shape index (κ3) is 3.46. The van der Waals surface area contributed by atoms with Crippen molar-refractivity contribution >= 4 is 33.5 Å². The molecular weight excluding hydrogens is 302 g/mol. The Labute approximate surface area is 113 Å². The van der Waals surface area contributed by atoms with E-state index in [2.05, 4.69) is 15.9 Å². The molecule has 0 radical (unpaired) electrons. The number of hydrogen-bond donors (Lipinski definition) is 1. The van der Waals surface area contributed by atoms with Crippen molar-refractivity contribution in [3.63, 3.8) is 0 Å². The zero-order valence-electron chi connectivity index (χ0n) is 10.1. The molecule has 0 aliphatic rings. The van der Waals surface area contributed by atoms with E-state index in [0.29, 0.717) is 11.4 Å². The number of ether oxygens (including phenoxy) is 1. The second-order valence-corrected chi connectivity index (χ2v) is 4.98. The van der Waals surface area contributed by atoms with Gasteiger partial charge >= 0.3 is 5.97 Å². The van der Waals surface area contributed by atoms with Crippen LogP contribution in [0.1, 0.15) is 6.92 Å². The standard InChI is InChI=1S/C12H14BrNO4/c1-8(13)12(17)14(7-11(15)16)9-5-3-4-6-10(9)18-2/h3-6,8H,7H2,1-2H3,(H,15,16). The molecule has 0 heterocycles. The first-order chi connectivity index (χ1) is 8.47. The number of carboxylic acids is 1. The summed E-state index contributed by atoms with van der Waals surface area (Å²) in [7, 11) is 1.47. The minimum atomic E-state index is -1.08. The number of carboxylic acid groups (broad SMARTS) is 1. The molecule has 98 valence electrons. The predicted octanol–water partition coefficient (Wildman–Crippen LogP) is 1.90. The second-order valence-electron chi connectivity index (χ2n) is 3.61. The van der Waals surface area contributed by atoms with E-state index in [0.717, 1.165) is 0 Å². The number of methoxy groups -OCH3 is 1. The monoisotopic (exact) mass is 315 g/mol. The second kappa shape index (κ2) is 6.39. The average Bonchev–Trinajstić information content (AvgIpc) is 2.34. The Kier molecular flexibility index (Phi) is 5.15. The number of carbonyl (C=O) groups excluding carboxylic acids is 1. The molecule has 6 heteroatoms. The molecule has 0 aliphatic heterocycles. The lowest BCUT2D eigenvalue weighted by Crippen LogP contribution is -2.39. The molecule has 1 N–H and O–H groups in total. The third-order valence-corrected chi connectivity index (χ3v) is 2.67. The number of benzene rings is 1. The van der Waals surface area contributed by atoms with Gasteiger partial charge in [-0.25, -0.2) is 0 Å². The van der Waals surface area contributed by atoms with Crippen molar-refractivity contribution in [2.24, 2.45) is 0 Å². The summed E-state index contributed by atoms with van der Waals surface area (Å²) in [6.07, 6.45) is 0. The Bertz CT molecular complexity index is 447. The molecule has 1 aromatic rings. The van der Waals surface area contributed by atoms with Gasteiger partial charge in [-0.05, 0) is 19.1 Å². The molecule has 1 atom stereocenters. The minimum Gasteiger partial charge on any atom is -0.495 e. The SMILES string of the molecule is COc1ccccc1N(CC(=O)O)C(=O)C(C)Br. The van der Waals surface area contributed by atoms with Crippen molar-refractivity contribution in [3.05, 3.63) is 24.3 Å². The number of aliphatic carboxylic acids is 1. The van der Waals surface area contributed by atoms with Gasteiger partial charge in [-0.2, -0.15) is 0 Å². The zero-order valence-corrected chi connectivity index (χ0v) is 11.7. The molecular formula is C12H14BrNO4. The number of nitrogens with zero attached hydrogens (tertiary/aromatic N) is 1. The van der Waals surface area contributed by atoms with Gasteiger partial charge in [0.05, 0.1) is 17.6 Å². The normalized spacial score (nSPS) is 11.7. The van der Waals surface area contributed by atoms with Crippen LogP contribution in [0.25, 0.3) is 0 Å². The summed E-state index contributed by atoms with van der Waals surface area (Å²) >= 11 is 3.15. The van der Waals surface area contributed by atoms with Crippen molar-refractivity contribution < 1.29 is 19.4 Å². The van der Waals surface area contributed by atoms with Crippen molar-refractivity contribution in [1.82, 2.24) is 0 Å². The number of rotatable bonds is 5. The van der Waals surface area contributed by atoms with Crippen LogP contribution in [0.3, 0.4) is 0 Å². The Hall–Kier alpha value is -1.56. The van der Waals surface area contributed by atoms with Crippen LogP contribution in [-0.2, 0) is 9.59 Å². The van der Waals surface area contributed by atoms with Crippen molar-refractivity contribution in [2.75, 3.05) is 18.6 Å². The number of amides is 1. The maximum absolute atomic E-state index is 12.0. The lowest BCUT2D eigenvalue weighted by atomic mass is 10.2. The molecule has 18 heavy (non-hydrogen) atoms.